The van der Waals surface area contributed by atoms with Crippen LogP contribution in [0.15, 0.2) is 12.1 Å². The predicted octanol–water partition coefficient (Wildman–Crippen LogP) is 5.14. The molecule has 126 valence electrons. The van der Waals surface area contributed by atoms with E-state index in [0.29, 0.717) is 19.8 Å². The highest BCUT2D eigenvalue weighted by Crippen LogP contribution is 2.30. The van der Waals surface area contributed by atoms with Gasteiger partial charge in [0.2, 0.25) is 5.82 Å². The summed E-state index contributed by atoms with van der Waals surface area (Å²) in [5.41, 5.74) is 0.894. The molecule has 0 saturated heterocycles. The minimum Gasteiger partial charge on any atom is -0.491 e. The lowest BCUT2D eigenvalue weighted by molar-refractivity contribution is 0.277. The maximum atomic E-state index is 14.2. The van der Waals surface area contributed by atoms with Gasteiger partial charge in [0.25, 0.3) is 0 Å². The van der Waals surface area contributed by atoms with Gasteiger partial charge < -0.3 is 13.9 Å². The average molecular weight is 329 g/mol. The molecule has 0 unspecified atom stereocenters. The Balaban J connectivity index is 2.85. The zero-order valence-electron chi connectivity index (χ0n) is 14.5. The van der Waals surface area contributed by atoms with Crippen LogP contribution in [0.25, 0.3) is 0 Å². The van der Waals surface area contributed by atoms with Gasteiger partial charge in [-0.3, -0.25) is 0 Å². The molecule has 0 atom stereocenters. The molecule has 0 spiro atoms. The third-order valence-corrected chi connectivity index (χ3v) is 5.91. The topological polar surface area (TPSA) is 27.7 Å². The molecule has 0 N–H and O–H groups in total. The van der Waals surface area contributed by atoms with Gasteiger partial charge >= 0.3 is 0 Å². The number of hydrogen-bond acceptors (Lipinski definition) is 3. The minimum absolute atomic E-state index is 0.236. The molecule has 1 aromatic carbocycles. The Morgan fingerprint density at radius 1 is 1.00 bits per heavy atom. The minimum atomic E-state index is -1.67. The second kappa shape index (κ2) is 9.15. The number of hydrogen-bond donors (Lipinski definition) is 0. The summed E-state index contributed by atoms with van der Waals surface area (Å²) in [7, 11) is -1.67. The fourth-order valence-electron chi connectivity index (χ4n) is 2.18. The van der Waals surface area contributed by atoms with Crippen LogP contribution in [0.3, 0.4) is 0 Å². The third kappa shape index (κ3) is 5.97. The van der Waals surface area contributed by atoms with Crippen LogP contribution in [-0.2, 0) is 11.0 Å². The molecule has 0 aliphatic heterocycles. The molecule has 0 fully saturated rings. The van der Waals surface area contributed by atoms with E-state index in [-0.39, 0.29) is 11.5 Å². The average Bonchev–Trinajstić information content (AvgIpc) is 2.48. The summed E-state index contributed by atoms with van der Waals surface area (Å²) in [6.45, 7) is 11.6. The van der Waals surface area contributed by atoms with Crippen LogP contribution in [-0.4, -0.2) is 21.5 Å². The number of unbranched alkanes of at least 4 members (excludes halogenated alkanes) is 1. The molecule has 22 heavy (non-hydrogen) atoms. The fraction of sp³-hybridized carbons (Fsp3) is 0.647. The first-order valence-corrected chi connectivity index (χ1v) is 11.3. The quantitative estimate of drug-likeness (QED) is 0.556. The Kier molecular flexibility index (Phi) is 7.89. The van der Waals surface area contributed by atoms with Crippen molar-refractivity contribution in [2.45, 2.75) is 59.4 Å². The van der Waals surface area contributed by atoms with E-state index < -0.39 is 14.1 Å². The molecule has 3 nitrogen and oxygen atoms in total. The molecule has 1 aromatic rings. The highest BCUT2D eigenvalue weighted by Gasteiger charge is 2.22. The van der Waals surface area contributed by atoms with E-state index in [4.69, 9.17) is 13.9 Å². The molecule has 0 aromatic heterocycles. The van der Waals surface area contributed by atoms with E-state index in [1.807, 2.05) is 13.8 Å². The second-order valence-electron chi connectivity index (χ2n) is 5.92. The van der Waals surface area contributed by atoms with Crippen molar-refractivity contribution in [3.63, 3.8) is 0 Å². The molecule has 0 aliphatic rings. The molecular weight excluding hydrogens is 299 g/mol. The van der Waals surface area contributed by atoms with Crippen LogP contribution in [0.4, 0.5) is 4.39 Å². The molecule has 0 saturated carbocycles. The zero-order valence-corrected chi connectivity index (χ0v) is 15.5. The molecule has 5 heteroatoms. The number of ether oxygens (including phenoxy) is 2. The van der Waals surface area contributed by atoms with Gasteiger partial charge in [-0.05, 0) is 50.7 Å². The van der Waals surface area contributed by atoms with Gasteiger partial charge in [0.05, 0.1) is 19.8 Å². The Hall–Kier alpha value is -1.07. The van der Waals surface area contributed by atoms with Gasteiger partial charge in [-0.2, -0.15) is 4.39 Å². The number of benzene rings is 1. The van der Waals surface area contributed by atoms with Crippen LogP contribution in [0.2, 0.25) is 19.1 Å². The van der Waals surface area contributed by atoms with E-state index in [2.05, 4.69) is 20.0 Å². The molecule has 0 bridgehead atoms. The molecule has 1 rings (SSSR count). The maximum Gasteiger partial charge on any atom is 0.206 e. The summed E-state index contributed by atoms with van der Waals surface area (Å²) >= 11 is 0. The Morgan fingerprint density at radius 2 is 1.55 bits per heavy atom. The largest absolute Gasteiger partial charge is 0.491 e. The van der Waals surface area contributed by atoms with Crippen molar-refractivity contribution in [2.75, 3.05) is 13.2 Å². The van der Waals surface area contributed by atoms with Gasteiger partial charge in [-0.15, -0.1) is 0 Å². The summed E-state index contributed by atoms with van der Waals surface area (Å²) in [6.07, 6.45) is 2.37. The van der Waals surface area contributed by atoms with E-state index in [1.165, 1.54) is 12.8 Å². The lowest BCUT2D eigenvalue weighted by atomic mass is 10.2. The third-order valence-electron chi connectivity index (χ3n) is 3.43. The summed E-state index contributed by atoms with van der Waals surface area (Å²) in [6, 6.07) is 4.57. The fourth-order valence-corrected chi connectivity index (χ4v) is 4.09. The van der Waals surface area contributed by atoms with Crippen molar-refractivity contribution in [3.05, 3.63) is 23.5 Å². The Labute approximate surface area is 134 Å². The van der Waals surface area contributed by atoms with Crippen LogP contribution in [0, 0.1) is 5.82 Å². The Bertz CT molecular complexity index is 436. The van der Waals surface area contributed by atoms with Crippen molar-refractivity contribution in [2.24, 2.45) is 0 Å². The highest BCUT2D eigenvalue weighted by molar-refractivity contribution is 6.71. The van der Waals surface area contributed by atoms with E-state index in [9.17, 15) is 4.39 Å². The van der Waals surface area contributed by atoms with Crippen molar-refractivity contribution in [1.82, 2.24) is 0 Å². The van der Waals surface area contributed by atoms with E-state index in [1.54, 1.807) is 12.1 Å². The Morgan fingerprint density at radius 3 is 2.00 bits per heavy atom. The summed E-state index contributed by atoms with van der Waals surface area (Å²) in [4.78, 5) is 0. The summed E-state index contributed by atoms with van der Waals surface area (Å²) in [5, 5.41) is 0. The number of rotatable bonds is 10. The molecule has 0 aliphatic carbocycles. The molecule has 0 heterocycles. The van der Waals surface area contributed by atoms with Crippen LogP contribution >= 0.6 is 0 Å². The highest BCUT2D eigenvalue weighted by atomic mass is 28.4. The zero-order chi connectivity index (χ0) is 16.6. The van der Waals surface area contributed by atoms with Crippen molar-refractivity contribution in [3.8, 4) is 11.5 Å². The first-order chi connectivity index (χ1) is 10.4. The van der Waals surface area contributed by atoms with Crippen molar-refractivity contribution in [1.29, 1.82) is 0 Å². The molecule has 0 radical (unpaired) electrons. The van der Waals surface area contributed by atoms with Gasteiger partial charge in [0.1, 0.15) is 0 Å². The lowest BCUT2D eigenvalue weighted by Crippen LogP contribution is -2.29. The van der Waals surface area contributed by atoms with Gasteiger partial charge in [-0.1, -0.05) is 19.8 Å². The molecular formula is C17H29FO3Si. The summed E-state index contributed by atoms with van der Waals surface area (Å²) in [5.74, 6) is 0.0371. The van der Waals surface area contributed by atoms with Crippen molar-refractivity contribution < 1.29 is 18.3 Å². The van der Waals surface area contributed by atoms with Gasteiger partial charge in [0, 0.05) is 0 Å². The van der Waals surface area contributed by atoms with E-state index >= 15 is 0 Å². The summed E-state index contributed by atoms with van der Waals surface area (Å²) < 4.78 is 31.0. The maximum absolute atomic E-state index is 14.2. The van der Waals surface area contributed by atoms with Gasteiger partial charge in [0.15, 0.2) is 19.8 Å². The smallest absolute Gasteiger partial charge is 0.206 e. The van der Waals surface area contributed by atoms with Crippen LogP contribution < -0.4 is 9.47 Å². The lowest BCUT2D eigenvalue weighted by Gasteiger charge is -2.23. The predicted molar refractivity (Wildman–Crippen MR) is 90.7 cm³/mol. The first-order valence-electron chi connectivity index (χ1n) is 8.15. The van der Waals surface area contributed by atoms with Crippen LogP contribution in [0.5, 0.6) is 11.5 Å². The van der Waals surface area contributed by atoms with Crippen LogP contribution in [0.1, 0.15) is 39.2 Å². The van der Waals surface area contributed by atoms with Crippen molar-refractivity contribution >= 4 is 8.32 Å². The number of halogens is 1. The normalized spacial score (nSPS) is 11.5. The second-order valence-corrected chi connectivity index (χ2v) is 10.2. The monoisotopic (exact) mass is 328 g/mol. The standard InChI is InChI=1S/C17H29FO3Si/c1-6-9-10-22(4,5)21-13-14-11-15(19-7-2)17(18)16(12-14)20-8-3/h11-12H,6-10,13H2,1-5H3. The van der Waals surface area contributed by atoms with Gasteiger partial charge in [-0.25, -0.2) is 0 Å². The SMILES string of the molecule is CCCC[Si](C)(C)OCc1cc(OCC)c(F)c(OCC)c1. The molecule has 0 amide bonds. The first kappa shape index (κ1) is 19.0. The van der Waals surface area contributed by atoms with E-state index in [0.717, 1.165) is 11.6 Å².